The molecule has 0 bridgehead atoms. The van der Waals surface area contributed by atoms with Gasteiger partial charge in [0.15, 0.2) is 0 Å². The van der Waals surface area contributed by atoms with Crippen LogP contribution in [0.1, 0.15) is 19.3 Å². The SMILES string of the molecule is N#CCCCCNc1ccc2ccccc2c1. The van der Waals surface area contributed by atoms with Crippen LogP contribution in [0.5, 0.6) is 0 Å². The number of rotatable bonds is 5. The van der Waals surface area contributed by atoms with Crippen molar-refractivity contribution in [2.24, 2.45) is 0 Å². The highest BCUT2D eigenvalue weighted by atomic mass is 14.9. The Morgan fingerprint density at radius 1 is 1.00 bits per heavy atom. The van der Waals surface area contributed by atoms with E-state index in [2.05, 4.69) is 53.9 Å². The van der Waals surface area contributed by atoms with Gasteiger partial charge in [0.05, 0.1) is 6.07 Å². The second-order valence-electron chi connectivity index (χ2n) is 4.10. The average molecular weight is 224 g/mol. The Bertz CT molecular complexity index is 526. The van der Waals surface area contributed by atoms with Gasteiger partial charge >= 0.3 is 0 Å². The predicted octanol–water partition coefficient (Wildman–Crippen LogP) is 3.95. The highest BCUT2D eigenvalue weighted by Gasteiger charge is 1.95. The van der Waals surface area contributed by atoms with Gasteiger partial charge in [0, 0.05) is 18.7 Å². The van der Waals surface area contributed by atoms with Crippen LogP contribution in [0.2, 0.25) is 0 Å². The van der Waals surface area contributed by atoms with Gasteiger partial charge in [-0.1, -0.05) is 30.3 Å². The first-order valence-corrected chi connectivity index (χ1v) is 6.00. The molecule has 0 radical (unpaired) electrons. The van der Waals surface area contributed by atoms with Gasteiger partial charge < -0.3 is 5.32 Å². The number of fused-ring (bicyclic) bond motifs is 1. The molecule has 86 valence electrons. The molecule has 0 aliphatic heterocycles. The Labute approximate surface area is 102 Å². The number of nitriles is 1. The monoisotopic (exact) mass is 224 g/mol. The Morgan fingerprint density at radius 2 is 1.82 bits per heavy atom. The molecule has 2 heteroatoms. The standard InChI is InChI=1S/C15H16N2/c16-10-4-1-5-11-17-15-9-8-13-6-2-3-7-14(13)12-15/h2-3,6-9,12,17H,1,4-5,11H2. The largest absolute Gasteiger partial charge is 0.385 e. The molecule has 0 amide bonds. The van der Waals surface area contributed by atoms with E-state index in [1.54, 1.807) is 0 Å². The lowest BCUT2D eigenvalue weighted by atomic mass is 10.1. The van der Waals surface area contributed by atoms with Crippen LogP contribution in [-0.2, 0) is 0 Å². The Morgan fingerprint density at radius 3 is 2.65 bits per heavy atom. The van der Waals surface area contributed by atoms with E-state index in [1.807, 2.05) is 0 Å². The summed E-state index contributed by atoms with van der Waals surface area (Å²) in [6.07, 6.45) is 2.66. The maximum absolute atomic E-state index is 8.43. The van der Waals surface area contributed by atoms with Crippen molar-refractivity contribution in [2.75, 3.05) is 11.9 Å². The summed E-state index contributed by atoms with van der Waals surface area (Å²) in [5.41, 5.74) is 1.15. The summed E-state index contributed by atoms with van der Waals surface area (Å²) in [5, 5.41) is 14.3. The molecule has 0 spiro atoms. The molecule has 0 aromatic heterocycles. The molecule has 0 aliphatic rings. The Balaban J connectivity index is 1.93. The molecule has 2 nitrogen and oxygen atoms in total. The molecular weight excluding hydrogens is 208 g/mol. The summed E-state index contributed by atoms with van der Waals surface area (Å²) in [5.74, 6) is 0. The van der Waals surface area contributed by atoms with Crippen molar-refractivity contribution in [1.29, 1.82) is 5.26 Å². The molecule has 1 N–H and O–H groups in total. The Kier molecular flexibility index (Phi) is 3.99. The first-order chi connectivity index (χ1) is 8.40. The number of hydrogen-bond acceptors (Lipinski definition) is 2. The molecule has 0 aliphatic carbocycles. The van der Waals surface area contributed by atoms with Crippen LogP contribution in [-0.4, -0.2) is 6.54 Å². The molecule has 0 saturated carbocycles. The van der Waals surface area contributed by atoms with E-state index in [4.69, 9.17) is 5.26 Å². The van der Waals surface area contributed by atoms with E-state index >= 15 is 0 Å². The minimum atomic E-state index is 0.652. The summed E-state index contributed by atoms with van der Waals surface area (Å²) in [7, 11) is 0. The van der Waals surface area contributed by atoms with Crippen LogP contribution in [0.3, 0.4) is 0 Å². The van der Waals surface area contributed by atoms with E-state index in [0.29, 0.717) is 6.42 Å². The minimum absolute atomic E-state index is 0.652. The number of nitrogens with one attached hydrogen (secondary N) is 1. The highest BCUT2D eigenvalue weighted by Crippen LogP contribution is 2.18. The van der Waals surface area contributed by atoms with Crippen LogP contribution < -0.4 is 5.32 Å². The second-order valence-corrected chi connectivity index (χ2v) is 4.10. The van der Waals surface area contributed by atoms with Gasteiger partial charge in [0.2, 0.25) is 0 Å². The number of benzene rings is 2. The van der Waals surface area contributed by atoms with Crippen molar-refractivity contribution < 1.29 is 0 Å². The third-order valence-electron chi connectivity index (χ3n) is 2.79. The zero-order valence-corrected chi connectivity index (χ0v) is 9.82. The van der Waals surface area contributed by atoms with Gasteiger partial charge in [-0.3, -0.25) is 0 Å². The molecule has 0 fully saturated rings. The third-order valence-corrected chi connectivity index (χ3v) is 2.79. The van der Waals surface area contributed by atoms with Crippen LogP contribution in [0.4, 0.5) is 5.69 Å². The third kappa shape index (κ3) is 3.22. The molecule has 2 rings (SSSR count). The first-order valence-electron chi connectivity index (χ1n) is 6.00. The second kappa shape index (κ2) is 5.91. The zero-order valence-electron chi connectivity index (χ0n) is 9.82. The van der Waals surface area contributed by atoms with Crippen LogP contribution in [0, 0.1) is 11.3 Å². The molecule has 2 aromatic rings. The van der Waals surface area contributed by atoms with E-state index < -0.39 is 0 Å². The van der Waals surface area contributed by atoms with Gasteiger partial charge in [0.25, 0.3) is 0 Å². The summed E-state index contributed by atoms with van der Waals surface area (Å²) in [4.78, 5) is 0. The molecule has 0 unspecified atom stereocenters. The summed E-state index contributed by atoms with van der Waals surface area (Å²) < 4.78 is 0. The maximum atomic E-state index is 8.43. The van der Waals surface area contributed by atoms with E-state index in [-0.39, 0.29) is 0 Å². The molecule has 17 heavy (non-hydrogen) atoms. The smallest absolute Gasteiger partial charge is 0.0621 e. The molecule has 0 saturated heterocycles. The van der Waals surface area contributed by atoms with Crippen molar-refractivity contribution in [2.45, 2.75) is 19.3 Å². The fraction of sp³-hybridized carbons (Fsp3) is 0.267. The quantitative estimate of drug-likeness (QED) is 0.781. The van der Waals surface area contributed by atoms with Crippen molar-refractivity contribution in [3.8, 4) is 6.07 Å². The van der Waals surface area contributed by atoms with Gasteiger partial charge in [-0.05, 0) is 35.7 Å². The van der Waals surface area contributed by atoms with Crippen LogP contribution in [0.15, 0.2) is 42.5 Å². The van der Waals surface area contributed by atoms with E-state index in [0.717, 1.165) is 25.1 Å². The number of hydrogen-bond donors (Lipinski definition) is 1. The molecular formula is C15H16N2. The van der Waals surface area contributed by atoms with Crippen molar-refractivity contribution >= 4 is 16.5 Å². The van der Waals surface area contributed by atoms with Crippen molar-refractivity contribution in [3.05, 3.63) is 42.5 Å². The van der Waals surface area contributed by atoms with Gasteiger partial charge in [0.1, 0.15) is 0 Å². The topological polar surface area (TPSA) is 35.8 Å². The highest BCUT2D eigenvalue weighted by molar-refractivity contribution is 5.85. The minimum Gasteiger partial charge on any atom is -0.385 e. The number of unbranched alkanes of at least 4 members (excludes halogenated alkanes) is 2. The van der Waals surface area contributed by atoms with Crippen LogP contribution >= 0.6 is 0 Å². The lowest BCUT2D eigenvalue weighted by Crippen LogP contribution is -2.00. The first kappa shape index (κ1) is 11.5. The molecule has 0 atom stereocenters. The number of anilines is 1. The normalized spacial score (nSPS) is 10.1. The maximum Gasteiger partial charge on any atom is 0.0621 e. The zero-order chi connectivity index (χ0) is 11.9. The lowest BCUT2D eigenvalue weighted by Gasteiger charge is -2.06. The van der Waals surface area contributed by atoms with E-state index in [1.165, 1.54) is 10.8 Å². The fourth-order valence-corrected chi connectivity index (χ4v) is 1.86. The van der Waals surface area contributed by atoms with Crippen LogP contribution in [0.25, 0.3) is 10.8 Å². The fourth-order valence-electron chi connectivity index (χ4n) is 1.86. The number of nitrogens with zero attached hydrogens (tertiary/aromatic N) is 1. The average Bonchev–Trinajstić information content (AvgIpc) is 2.38. The lowest BCUT2D eigenvalue weighted by molar-refractivity contribution is 0.785. The summed E-state index contributed by atoms with van der Waals surface area (Å²) >= 11 is 0. The van der Waals surface area contributed by atoms with Gasteiger partial charge in [-0.15, -0.1) is 0 Å². The predicted molar refractivity (Wildman–Crippen MR) is 71.9 cm³/mol. The Hall–Kier alpha value is -2.01. The molecule has 0 heterocycles. The summed E-state index contributed by atoms with van der Waals surface area (Å²) in [6.45, 7) is 0.931. The van der Waals surface area contributed by atoms with Crippen molar-refractivity contribution in [1.82, 2.24) is 0 Å². The molecule has 2 aromatic carbocycles. The van der Waals surface area contributed by atoms with Gasteiger partial charge in [-0.25, -0.2) is 0 Å². The van der Waals surface area contributed by atoms with E-state index in [9.17, 15) is 0 Å². The summed E-state index contributed by atoms with van der Waals surface area (Å²) in [6, 6.07) is 16.9. The van der Waals surface area contributed by atoms with Crippen molar-refractivity contribution in [3.63, 3.8) is 0 Å². The van der Waals surface area contributed by atoms with Gasteiger partial charge in [-0.2, -0.15) is 5.26 Å².